The third-order valence-corrected chi connectivity index (χ3v) is 4.68. The van der Waals surface area contributed by atoms with Gasteiger partial charge in [0.15, 0.2) is 18.7 Å². The molecule has 0 unspecified atom stereocenters. The Balaban J connectivity index is 1.42. The summed E-state index contributed by atoms with van der Waals surface area (Å²) in [6.45, 7) is -0.545. The lowest BCUT2D eigenvalue weighted by atomic mass is 10.1. The summed E-state index contributed by atoms with van der Waals surface area (Å²) >= 11 is 6.09. The van der Waals surface area contributed by atoms with Gasteiger partial charge in [0.05, 0.1) is 21.6 Å². The second-order valence-corrected chi connectivity index (χ2v) is 6.89. The Hall–Kier alpha value is -4.11. The fourth-order valence-electron chi connectivity index (χ4n) is 2.92. The van der Waals surface area contributed by atoms with E-state index in [2.05, 4.69) is 15.3 Å². The van der Waals surface area contributed by atoms with Gasteiger partial charge in [0.1, 0.15) is 5.76 Å². The molecule has 0 atom stereocenters. The number of hydrogen-bond acceptors (Lipinski definition) is 6. The molecule has 0 aliphatic heterocycles. The molecule has 10 heteroatoms. The minimum Gasteiger partial charge on any atom is -0.453 e. The van der Waals surface area contributed by atoms with E-state index in [1.54, 1.807) is 30.3 Å². The number of furan rings is 1. The van der Waals surface area contributed by atoms with E-state index in [0.29, 0.717) is 34.3 Å². The fraction of sp³-hybridized carbons (Fsp3) is 0.0476. The maximum absolute atomic E-state index is 12.4. The van der Waals surface area contributed by atoms with Crippen molar-refractivity contribution in [1.82, 2.24) is 9.97 Å². The van der Waals surface area contributed by atoms with Crippen molar-refractivity contribution in [3.63, 3.8) is 0 Å². The fourth-order valence-corrected chi connectivity index (χ4v) is 3.12. The Morgan fingerprint density at radius 2 is 1.87 bits per heavy atom. The van der Waals surface area contributed by atoms with Crippen molar-refractivity contribution in [2.75, 3.05) is 11.9 Å². The molecule has 0 saturated heterocycles. The molecule has 4 rings (SSSR count). The highest BCUT2D eigenvalue weighted by atomic mass is 35.5. The summed E-state index contributed by atoms with van der Waals surface area (Å²) in [6, 6.07) is 12.5. The number of rotatable bonds is 6. The molecule has 3 N–H and O–H groups in total. The van der Waals surface area contributed by atoms with Crippen molar-refractivity contribution < 1.29 is 23.5 Å². The number of amides is 1. The number of H-pyrrole nitrogens is 2. The van der Waals surface area contributed by atoms with Crippen LogP contribution in [-0.2, 0) is 9.53 Å². The number of ether oxygens (including phenoxy) is 1. The Labute approximate surface area is 179 Å². The van der Waals surface area contributed by atoms with Crippen LogP contribution in [0.15, 0.2) is 57.7 Å². The number of aldehydes is 1. The van der Waals surface area contributed by atoms with Crippen LogP contribution in [0.1, 0.15) is 20.9 Å². The first kappa shape index (κ1) is 20.2. The van der Waals surface area contributed by atoms with Crippen molar-refractivity contribution >= 4 is 46.5 Å². The van der Waals surface area contributed by atoms with Crippen molar-refractivity contribution in [1.29, 1.82) is 0 Å². The number of nitrogens with one attached hydrogen (secondary N) is 3. The molecule has 0 aliphatic carbocycles. The highest BCUT2D eigenvalue weighted by Crippen LogP contribution is 2.27. The van der Waals surface area contributed by atoms with Gasteiger partial charge in [0, 0.05) is 11.3 Å². The zero-order chi connectivity index (χ0) is 22.0. The van der Waals surface area contributed by atoms with E-state index in [1.807, 2.05) is 0 Å². The SMILES string of the molecule is O=Cc1ccc(-c2ccc(Cl)c(C(=O)OCC(=O)Nc3ccc4[nH]c(=O)[nH]c4c3)c2)o1. The lowest BCUT2D eigenvalue weighted by Crippen LogP contribution is -2.21. The molecule has 0 spiro atoms. The van der Waals surface area contributed by atoms with Crippen LogP contribution in [0.25, 0.3) is 22.4 Å². The number of hydrogen-bond donors (Lipinski definition) is 3. The zero-order valence-corrected chi connectivity index (χ0v) is 16.5. The molecule has 2 aromatic heterocycles. The Morgan fingerprint density at radius 1 is 1.06 bits per heavy atom. The molecule has 0 fully saturated rings. The van der Waals surface area contributed by atoms with E-state index in [1.165, 1.54) is 18.2 Å². The predicted molar refractivity (Wildman–Crippen MR) is 112 cm³/mol. The number of halogens is 1. The molecule has 156 valence electrons. The van der Waals surface area contributed by atoms with Gasteiger partial charge in [0.25, 0.3) is 5.91 Å². The molecular formula is C21H14ClN3O6. The third-order valence-electron chi connectivity index (χ3n) is 4.35. The molecule has 9 nitrogen and oxygen atoms in total. The Morgan fingerprint density at radius 3 is 2.65 bits per heavy atom. The first-order chi connectivity index (χ1) is 14.9. The van der Waals surface area contributed by atoms with Crippen LogP contribution in [0.3, 0.4) is 0 Å². The minimum absolute atomic E-state index is 0.0438. The van der Waals surface area contributed by atoms with Crippen molar-refractivity contribution in [3.05, 3.63) is 75.4 Å². The number of anilines is 1. The third kappa shape index (κ3) is 4.41. The number of carbonyl (C=O) groups is 3. The molecule has 2 aromatic carbocycles. The summed E-state index contributed by atoms with van der Waals surface area (Å²) in [5.74, 6) is -0.842. The largest absolute Gasteiger partial charge is 0.453 e. The molecule has 31 heavy (non-hydrogen) atoms. The number of carbonyl (C=O) groups excluding carboxylic acids is 3. The maximum atomic E-state index is 12.4. The van der Waals surface area contributed by atoms with E-state index in [-0.39, 0.29) is 22.0 Å². The van der Waals surface area contributed by atoms with Gasteiger partial charge in [-0.15, -0.1) is 0 Å². The monoisotopic (exact) mass is 439 g/mol. The van der Waals surface area contributed by atoms with Gasteiger partial charge in [0.2, 0.25) is 0 Å². The quantitative estimate of drug-likeness (QED) is 0.311. The predicted octanol–water partition coefficient (Wildman–Crippen LogP) is 3.38. The molecule has 0 saturated carbocycles. The second-order valence-electron chi connectivity index (χ2n) is 6.48. The van der Waals surface area contributed by atoms with Gasteiger partial charge in [-0.1, -0.05) is 11.6 Å². The molecule has 1 amide bonds. The number of fused-ring (bicyclic) bond motifs is 1. The smallest absolute Gasteiger partial charge is 0.340 e. The summed E-state index contributed by atoms with van der Waals surface area (Å²) in [5, 5.41) is 2.72. The highest BCUT2D eigenvalue weighted by Gasteiger charge is 2.16. The number of imidazole rings is 1. The van der Waals surface area contributed by atoms with Gasteiger partial charge in [-0.3, -0.25) is 9.59 Å². The molecule has 2 heterocycles. The van der Waals surface area contributed by atoms with E-state index in [0.717, 1.165) is 0 Å². The summed E-state index contributed by atoms with van der Waals surface area (Å²) < 4.78 is 10.4. The van der Waals surface area contributed by atoms with Gasteiger partial charge < -0.3 is 24.4 Å². The topological polar surface area (TPSA) is 134 Å². The van der Waals surface area contributed by atoms with Crippen molar-refractivity contribution in [3.8, 4) is 11.3 Å². The summed E-state index contributed by atoms with van der Waals surface area (Å²) in [4.78, 5) is 51.8. The van der Waals surface area contributed by atoms with Gasteiger partial charge in [-0.25, -0.2) is 9.59 Å². The standard InChI is InChI=1S/C21H14ClN3O6/c22-15-4-1-11(18-6-3-13(9-26)31-18)7-14(15)20(28)30-10-19(27)23-12-2-5-16-17(8-12)25-21(29)24-16/h1-9H,10H2,(H,23,27)(H2,24,25,29). The second kappa shape index (κ2) is 8.33. The van der Waals surface area contributed by atoms with Crippen LogP contribution in [0, 0.1) is 0 Å². The molecular weight excluding hydrogens is 426 g/mol. The van der Waals surface area contributed by atoms with E-state index in [9.17, 15) is 19.2 Å². The number of aromatic amines is 2. The average Bonchev–Trinajstić information content (AvgIpc) is 3.37. The lowest BCUT2D eigenvalue weighted by molar-refractivity contribution is -0.119. The normalized spacial score (nSPS) is 10.7. The van der Waals surface area contributed by atoms with E-state index < -0.39 is 18.5 Å². The van der Waals surface area contributed by atoms with Gasteiger partial charge >= 0.3 is 11.7 Å². The summed E-state index contributed by atoms with van der Waals surface area (Å²) in [7, 11) is 0. The van der Waals surface area contributed by atoms with Crippen LogP contribution < -0.4 is 11.0 Å². The van der Waals surface area contributed by atoms with Crippen LogP contribution in [0.5, 0.6) is 0 Å². The van der Waals surface area contributed by atoms with Gasteiger partial charge in [-0.2, -0.15) is 0 Å². The number of benzene rings is 2. The molecule has 0 bridgehead atoms. The first-order valence-electron chi connectivity index (χ1n) is 8.97. The Bertz CT molecular complexity index is 1370. The van der Waals surface area contributed by atoms with E-state index >= 15 is 0 Å². The number of esters is 1. The van der Waals surface area contributed by atoms with Crippen LogP contribution >= 0.6 is 11.6 Å². The first-order valence-corrected chi connectivity index (χ1v) is 9.35. The number of aromatic nitrogens is 2. The Kier molecular flexibility index (Phi) is 5.42. The van der Waals surface area contributed by atoms with Crippen LogP contribution in [0.4, 0.5) is 5.69 Å². The van der Waals surface area contributed by atoms with Crippen molar-refractivity contribution in [2.24, 2.45) is 0 Å². The molecule has 0 aliphatic rings. The summed E-state index contributed by atoms with van der Waals surface area (Å²) in [6.07, 6.45) is 0.568. The van der Waals surface area contributed by atoms with Crippen LogP contribution in [-0.4, -0.2) is 34.7 Å². The van der Waals surface area contributed by atoms with Gasteiger partial charge in [-0.05, 0) is 48.5 Å². The lowest BCUT2D eigenvalue weighted by Gasteiger charge is -2.08. The highest BCUT2D eigenvalue weighted by molar-refractivity contribution is 6.33. The summed E-state index contributed by atoms with van der Waals surface area (Å²) in [5.41, 5.74) is 1.75. The van der Waals surface area contributed by atoms with Crippen LogP contribution in [0.2, 0.25) is 5.02 Å². The zero-order valence-electron chi connectivity index (χ0n) is 15.7. The van der Waals surface area contributed by atoms with Crippen molar-refractivity contribution in [2.45, 2.75) is 0 Å². The minimum atomic E-state index is -0.797. The molecule has 0 radical (unpaired) electrons. The molecule has 4 aromatic rings. The van der Waals surface area contributed by atoms with E-state index in [4.69, 9.17) is 20.8 Å². The average molecular weight is 440 g/mol. The maximum Gasteiger partial charge on any atom is 0.340 e.